The third-order valence-corrected chi connectivity index (χ3v) is 9.85. The Morgan fingerprint density at radius 1 is 0.878 bits per heavy atom. The van der Waals surface area contributed by atoms with Crippen LogP contribution in [0.1, 0.15) is 43.9 Å². The molecule has 220 valence electrons. The first-order chi connectivity index (χ1) is 19.3. The molecule has 1 N–H and O–H groups in total. The van der Waals surface area contributed by atoms with Crippen molar-refractivity contribution in [1.29, 1.82) is 0 Å². The smallest absolute Gasteiger partial charge is 0.264 e. The number of rotatable bonds is 11. The van der Waals surface area contributed by atoms with E-state index < -0.39 is 28.5 Å². The van der Waals surface area contributed by atoms with Crippen molar-refractivity contribution in [3.8, 4) is 0 Å². The molecule has 2 atom stereocenters. The highest BCUT2D eigenvalue weighted by Crippen LogP contribution is 2.32. The average molecular weight is 639 g/mol. The van der Waals surface area contributed by atoms with Crippen molar-refractivity contribution in [2.45, 2.75) is 64.6 Å². The van der Waals surface area contributed by atoms with Crippen LogP contribution in [-0.2, 0) is 26.2 Å². The number of carbonyl (C=O) groups excluding carboxylic acids is 2. The molecule has 0 radical (unpaired) electrons. The molecule has 0 spiro atoms. The molecule has 0 fully saturated rings. The molecule has 0 unspecified atom stereocenters. The van der Waals surface area contributed by atoms with Crippen molar-refractivity contribution >= 4 is 62.3 Å². The lowest BCUT2D eigenvalue weighted by atomic mass is 10.1. The van der Waals surface area contributed by atoms with E-state index in [2.05, 4.69) is 5.32 Å². The molecule has 2 amide bonds. The standard InChI is InChI=1S/C30H34Cl3N3O4S/c1-6-20(3)34-30(38)22(5)35(17-24-26(32)10-7-11-27(24)33)29(37)18-36(28-12-8-9-25(31)21(28)4)41(39,40)23-15-13-19(2)14-16-23/h7-16,20,22H,6,17-18H2,1-5H3,(H,34,38)/t20-,22-/m0/s1. The summed E-state index contributed by atoms with van der Waals surface area (Å²) in [5, 5.41) is 3.88. The van der Waals surface area contributed by atoms with Crippen LogP contribution in [0.2, 0.25) is 15.1 Å². The Morgan fingerprint density at radius 2 is 1.44 bits per heavy atom. The van der Waals surface area contributed by atoms with Gasteiger partial charge in [0.2, 0.25) is 11.8 Å². The van der Waals surface area contributed by atoms with Crippen LogP contribution in [0.3, 0.4) is 0 Å². The number of sulfonamides is 1. The summed E-state index contributed by atoms with van der Waals surface area (Å²) in [5.41, 5.74) is 2.06. The zero-order valence-electron chi connectivity index (χ0n) is 23.6. The summed E-state index contributed by atoms with van der Waals surface area (Å²) < 4.78 is 29.1. The Hall–Kier alpha value is -2.78. The third kappa shape index (κ3) is 7.74. The van der Waals surface area contributed by atoms with Gasteiger partial charge in [0, 0.05) is 33.2 Å². The molecule has 0 heterocycles. The van der Waals surface area contributed by atoms with Gasteiger partial charge in [0.1, 0.15) is 12.6 Å². The molecule has 3 aromatic rings. The zero-order valence-corrected chi connectivity index (χ0v) is 26.7. The molecule has 0 aliphatic carbocycles. The monoisotopic (exact) mass is 637 g/mol. The molecule has 41 heavy (non-hydrogen) atoms. The summed E-state index contributed by atoms with van der Waals surface area (Å²) in [6.07, 6.45) is 0.694. The summed E-state index contributed by atoms with van der Waals surface area (Å²) in [7, 11) is -4.22. The van der Waals surface area contributed by atoms with Gasteiger partial charge in [-0.2, -0.15) is 0 Å². The van der Waals surface area contributed by atoms with Gasteiger partial charge in [-0.1, -0.05) is 71.6 Å². The van der Waals surface area contributed by atoms with Crippen molar-refractivity contribution in [2.75, 3.05) is 10.8 Å². The Balaban J connectivity index is 2.11. The maximum Gasteiger partial charge on any atom is 0.264 e. The predicted molar refractivity (Wildman–Crippen MR) is 166 cm³/mol. The minimum atomic E-state index is -4.22. The first-order valence-corrected chi connectivity index (χ1v) is 15.7. The molecule has 0 aliphatic rings. The van der Waals surface area contributed by atoms with Gasteiger partial charge in [-0.25, -0.2) is 8.42 Å². The molecule has 11 heteroatoms. The topological polar surface area (TPSA) is 86.8 Å². The minimum Gasteiger partial charge on any atom is -0.352 e. The number of hydrogen-bond donors (Lipinski definition) is 1. The molecule has 0 saturated carbocycles. The van der Waals surface area contributed by atoms with E-state index in [9.17, 15) is 18.0 Å². The van der Waals surface area contributed by atoms with Crippen LogP contribution in [-0.4, -0.2) is 43.8 Å². The van der Waals surface area contributed by atoms with Gasteiger partial charge in [-0.3, -0.25) is 13.9 Å². The van der Waals surface area contributed by atoms with Gasteiger partial charge in [-0.15, -0.1) is 0 Å². The van der Waals surface area contributed by atoms with Gasteiger partial charge < -0.3 is 10.2 Å². The summed E-state index contributed by atoms with van der Waals surface area (Å²) in [6.45, 7) is 8.21. The highest BCUT2D eigenvalue weighted by atomic mass is 35.5. The number of anilines is 1. The van der Waals surface area contributed by atoms with Crippen molar-refractivity contribution in [1.82, 2.24) is 10.2 Å². The van der Waals surface area contributed by atoms with Crippen LogP contribution < -0.4 is 9.62 Å². The van der Waals surface area contributed by atoms with Gasteiger partial charge in [-0.05, 0) is 76.1 Å². The number of nitrogens with zero attached hydrogens (tertiary/aromatic N) is 2. The largest absolute Gasteiger partial charge is 0.352 e. The van der Waals surface area contributed by atoms with Gasteiger partial charge in [0.25, 0.3) is 10.0 Å². The van der Waals surface area contributed by atoms with Crippen LogP contribution in [0, 0.1) is 13.8 Å². The molecular formula is C30H34Cl3N3O4S. The molecule has 0 bridgehead atoms. The molecular weight excluding hydrogens is 605 g/mol. The van der Waals surface area contributed by atoms with Crippen molar-refractivity contribution < 1.29 is 18.0 Å². The number of carbonyl (C=O) groups is 2. The van der Waals surface area contributed by atoms with Crippen LogP contribution in [0.15, 0.2) is 65.6 Å². The third-order valence-electron chi connectivity index (χ3n) is 6.95. The van der Waals surface area contributed by atoms with E-state index in [4.69, 9.17) is 34.8 Å². The number of aryl methyl sites for hydroxylation is 1. The first kappa shape index (κ1) is 32.7. The molecule has 3 aromatic carbocycles. The van der Waals surface area contributed by atoms with Crippen LogP contribution in [0.4, 0.5) is 5.69 Å². The first-order valence-electron chi connectivity index (χ1n) is 13.1. The quantitative estimate of drug-likeness (QED) is 0.251. The van der Waals surface area contributed by atoms with E-state index in [-0.39, 0.29) is 29.1 Å². The van der Waals surface area contributed by atoms with E-state index in [1.54, 1.807) is 62.4 Å². The second-order valence-corrected chi connectivity index (χ2v) is 13.0. The fourth-order valence-corrected chi connectivity index (χ4v) is 6.28. The Bertz CT molecular complexity index is 1490. The van der Waals surface area contributed by atoms with E-state index >= 15 is 0 Å². The van der Waals surface area contributed by atoms with E-state index in [1.165, 1.54) is 17.0 Å². The van der Waals surface area contributed by atoms with Crippen LogP contribution in [0.5, 0.6) is 0 Å². The summed E-state index contributed by atoms with van der Waals surface area (Å²) >= 11 is 19.2. The average Bonchev–Trinajstić information content (AvgIpc) is 2.93. The Labute approximate surface area is 257 Å². The van der Waals surface area contributed by atoms with Gasteiger partial charge >= 0.3 is 0 Å². The zero-order chi connectivity index (χ0) is 30.5. The van der Waals surface area contributed by atoms with E-state index in [1.807, 2.05) is 20.8 Å². The lowest BCUT2D eigenvalue weighted by Crippen LogP contribution is -2.52. The lowest BCUT2D eigenvalue weighted by Gasteiger charge is -2.33. The van der Waals surface area contributed by atoms with Crippen LogP contribution in [0.25, 0.3) is 0 Å². The van der Waals surface area contributed by atoms with Gasteiger partial charge in [0.15, 0.2) is 0 Å². The molecule has 3 rings (SSSR count). The summed E-state index contributed by atoms with van der Waals surface area (Å²) in [4.78, 5) is 28.6. The fraction of sp³-hybridized carbons (Fsp3) is 0.333. The molecule has 0 saturated heterocycles. The molecule has 7 nitrogen and oxygen atoms in total. The number of halogens is 3. The lowest BCUT2D eigenvalue weighted by molar-refractivity contribution is -0.139. The van der Waals surface area contributed by atoms with Crippen LogP contribution >= 0.6 is 34.8 Å². The number of nitrogens with one attached hydrogen (secondary N) is 1. The normalized spacial score (nSPS) is 12.9. The fourth-order valence-electron chi connectivity index (χ4n) is 4.12. The number of hydrogen-bond acceptors (Lipinski definition) is 4. The number of amides is 2. The Kier molecular flexibility index (Phi) is 11.1. The molecule has 0 aromatic heterocycles. The van der Waals surface area contributed by atoms with E-state index in [0.29, 0.717) is 32.6 Å². The SMILES string of the molecule is CC[C@H](C)NC(=O)[C@H](C)N(Cc1c(Cl)cccc1Cl)C(=O)CN(c1cccc(Cl)c1C)S(=O)(=O)c1ccc(C)cc1. The van der Waals surface area contributed by atoms with Crippen molar-refractivity contribution in [2.24, 2.45) is 0 Å². The maximum absolute atomic E-state index is 14.1. The van der Waals surface area contributed by atoms with Crippen molar-refractivity contribution in [3.63, 3.8) is 0 Å². The Morgan fingerprint density at radius 3 is 2.02 bits per heavy atom. The van der Waals surface area contributed by atoms with E-state index in [0.717, 1.165) is 9.87 Å². The maximum atomic E-state index is 14.1. The predicted octanol–water partition coefficient (Wildman–Crippen LogP) is 6.79. The number of benzene rings is 3. The highest BCUT2D eigenvalue weighted by Gasteiger charge is 2.34. The summed E-state index contributed by atoms with van der Waals surface area (Å²) in [5.74, 6) is -1.01. The molecule has 0 aliphatic heterocycles. The second-order valence-electron chi connectivity index (χ2n) is 9.92. The summed E-state index contributed by atoms with van der Waals surface area (Å²) in [6, 6.07) is 15.1. The van der Waals surface area contributed by atoms with Crippen molar-refractivity contribution in [3.05, 3.63) is 92.4 Å². The second kappa shape index (κ2) is 13.9. The highest BCUT2D eigenvalue weighted by molar-refractivity contribution is 7.92. The minimum absolute atomic E-state index is 0.0125. The van der Waals surface area contributed by atoms with Gasteiger partial charge in [0.05, 0.1) is 10.6 Å².